The van der Waals surface area contributed by atoms with Crippen LogP contribution in [0.2, 0.25) is 0 Å². The zero-order chi connectivity index (χ0) is 9.56. The summed E-state index contributed by atoms with van der Waals surface area (Å²) in [4.78, 5) is 22.8. The van der Waals surface area contributed by atoms with Gasteiger partial charge in [0.2, 0.25) is 5.91 Å². The van der Waals surface area contributed by atoms with Gasteiger partial charge in [0.1, 0.15) is 0 Å². The van der Waals surface area contributed by atoms with Crippen LogP contribution in [0.1, 0.15) is 6.92 Å². The third kappa shape index (κ3) is 4.62. The smallest absolute Gasteiger partial charge is 0.220 e. The van der Waals surface area contributed by atoms with Gasteiger partial charge in [-0.25, -0.2) is 0 Å². The predicted octanol–water partition coefficient (Wildman–Crippen LogP) is -0.233. The average Bonchev–Trinajstić information content (AvgIpc) is 2.03. The number of ketones is 1. The minimum absolute atomic E-state index is 0.0337. The Bertz CT molecular complexity index is 189. The predicted molar refractivity (Wildman–Crippen MR) is 46.5 cm³/mol. The lowest BCUT2D eigenvalue weighted by molar-refractivity contribution is -0.128. The molecule has 0 saturated carbocycles. The summed E-state index contributed by atoms with van der Waals surface area (Å²) in [6, 6.07) is 0. The Morgan fingerprint density at radius 1 is 1.58 bits per heavy atom. The second-order valence-corrected chi connectivity index (χ2v) is 2.47. The molecule has 0 heterocycles. The molecule has 0 aromatic carbocycles. The highest BCUT2D eigenvalue weighted by Gasteiger charge is 2.00. The first-order valence-corrected chi connectivity index (χ1v) is 3.65. The number of carbonyl (C=O) groups is 2. The van der Waals surface area contributed by atoms with Gasteiger partial charge in [-0.1, -0.05) is 6.58 Å². The lowest BCUT2D eigenvalue weighted by Gasteiger charge is -2.14. The number of nitrogens with zero attached hydrogens (tertiary/aromatic N) is 1. The summed E-state index contributed by atoms with van der Waals surface area (Å²) in [5, 5.41) is 2.80. The van der Waals surface area contributed by atoms with Gasteiger partial charge in [-0.15, -0.1) is 0 Å². The lowest BCUT2D eigenvalue weighted by atomic mass is 10.4. The van der Waals surface area contributed by atoms with Crippen molar-refractivity contribution in [2.45, 2.75) is 6.92 Å². The van der Waals surface area contributed by atoms with E-state index >= 15 is 0 Å². The molecule has 0 spiro atoms. The summed E-state index contributed by atoms with van der Waals surface area (Å²) < 4.78 is 0. The third-order valence-corrected chi connectivity index (χ3v) is 1.41. The fourth-order valence-corrected chi connectivity index (χ4v) is 0.530. The van der Waals surface area contributed by atoms with Crippen LogP contribution in [0, 0.1) is 0 Å². The maximum Gasteiger partial charge on any atom is 0.220 e. The van der Waals surface area contributed by atoms with E-state index in [2.05, 4.69) is 11.9 Å². The van der Waals surface area contributed by atoms with Gasteiger partial charge in [-0.05, 0) is 6.08 Å². The van der Waals surface area contributed by atoms with Gasteiger partial charge in [0, 0.05) is 14.0 Å². The van der Waals surface area contributed by atoms with Crippen molar-refractivity contribution in [1.82, 2.24) is 10.2 Å². The monoisotopic (exact) mass is 170 g/mol. The van der Waals surface area contributed by atoms with Crippen LogP contribution in [-0.2, 0) is 9.59 Å². The molecule has 0 unspecified atom stereocenters. The maximum atomic E-state index is 10.7. The number of hydrogen-bond acceptors (Lipinski definition) is 3. The van der Waals surface area contributed by atoms with Crippen molar-refractivity contribution in [1.29, 1.82) is 0 Å². The number of rotatable bonds is 5. The Morgan fingerprint density at radius 2 is 2.17 bits per heavy atom. The lowest BCUT2D eigenvalue weighted by Crippen LogP contribution is -2.36. The van der Waals surface area contributed by atoms with E-state index in [4.69, 9.17) is 0 Å². The standard InChI is InChI=1S/C8H14N2O2/c1-4-8(12)5-9-6-10(3)7(2)11/h4,9H,1,5-6H2,2-3H3. The molecule has 0 rings (SSSR count). The molecule has 1 amide bonds. The van der Waals surface area contributed by atoms with Gasteiger partial charge in [0.25, 0.3) is 0 Å². The molecule has 4 nitrogen and oxygen atoms in total. The van der Waals surface area contributed by atoms with Crippen molar-refractivity contribution in [3.8, 4) is 0 Å². The molecule has 0 saturated heterocycles. The summed E-state index contributed by atoms with van der Waals surface area (Å²) in [6.45, 7) is 5.40. The van der Waals surface area contributed by atoms with Crippen molar-refractivity contribution in [2.75, 3.05) is 20.3 Å². The van der Waals surface area contributed by atoms with Gasteiger partial charge >= 0.3 is 0 Å². The first kappa shape index (κ1) is 10.8. The quantitative estimate of drug-likeness (QED) is 0.458. The molecule has 4 heteroatoms. The van der Waals surface area contributed by atoms with Crippen LogP contribution in [0.15, 0.2) is 12.7 Å². The van der Waals surface area contributed by atoms with Gasteiger partial charge < -0.3 is 4.90 Å². The van der Waals surface area contributed by atoms with Crippen molar-refractivity contribution < 1.29 is 9.59 Å². The molecule has 0 fully saturated rings. The van der Waals surface area contributed by atoms with E-state index in [-0.39, 0.29) is 18.2 Å². The van der Waals surface area contributed by atoms with Gasteiger partial charge in [0.05, 0.1) is 13.2 Å². The second-order valence-electron chi connectivity index (χ2n) is 2.47. The van der Waals surface area contributed by atoms with Crippen molar-refractivity contribution in [2.24, 2.45) is 0 Å². The number of amides is 1. The minimum atomic E-state index is -0.0769. The van der Waals surface area contributed by atoms with Crippen LogP contribution in [0.3, 0.4) is 0 Å². The maximum absolute atomic E-state index is 10.7. The van der Waals surface area contributed by atoms with Gasteiger partial charge in [0.15, 0.2) is 5.78 Å². The molecule has 0 bridgehead atoms. The largest absolute Gasteiger partial charge is 0.333 e. The summed E-state index contributed by atoms with van der Waals surface area (Å²) in [7, 11) is 1.66. The van der Waals surface area contributed by atoms with Crippen LogP contribution in [0.25, 0.3) is 0 Å². The van der Waals surface area contributed by atoms with Crippen molar-refractivity contribution in [3.05, 3.63) is 12.7 Å². The molecule has 1 N–H and O–H groups in total. The molecule has 12 heavy (non-hydrogen) atoms. The van der Waals surface area contributed by atoms with Crippen molar-refractivity contribution >= 4 is 11.7 Å². The molecule has 0 aliphatic carbocycles. The van der Waals surface area contributed by atoms with Crippen LogP contribution in [0.4, 0.5) is 0 Å². The van der Waals surface area contributed by atoms with E-state index in [9.17, 15) is 9.59 Å². The molecule has 0 aromatic heterocycles. The highest BCUT2D eigenvalue weighted by Crippen LogP contribution is 1.79. The third-order valence-electron chi connectivity index (χ3n) is 1.41. The van der Waals surface area contributed by atoms with Crippen LogP contribution >= 0.6 is 0 Å². The minimum Gasteiger partial charge on any atom is -0.333 e. The van der Waals surface area contributed by atoms with E-state index in [0.717, 1.165) is 0 Å². The SMILES string of the molecule is C=CC(=O)CNCN(C)C(C)=O. The summed E-state index contributed by atoms with van der Waals surface area (Å²) in [6.07, 6.45) is 1.25. The molecule has 0 atom stereocenters. The molecule has 0 aliphatic heterocycles. The Balaban J connectivity index is 3.49. The zero-order valence-corrected chi connectivity index (χ0v) is 7.46. The fourth-order valence-electron chi connectivity index (χ4n) is 0.530. The topological polar surface area (TPSA) is 49.4 Å². The Morgan fingerprint density at radius 3 is 2.58 bits per heavy atom. The molecule has 68 valence electrons. The molecular weight excluding hydrogens is 156 g/mol. The van der Waals surface area contributed by atoms with E-state index in [1.165, 1.54) is 17.9 Å². The van der Waals surface area contributed by atoms with Gasteiger partial charge in [-0.2, -0.15) is 0 Å². The van der Waals surface area contributed by atoms with Gasteiger partial charge in [-0.3, -0.25) is 14.9 Å². The first-order valence-electron chi connectivity index (χ1n) is 3.65. The summed E-state index contributed by atoms with van der Waals surface area (Å²) in [5.41, 5.74) is 0. The average molecular weight is 170 g/mol. The Hall–Kier alpha value is -1.16. The second kappa shape index (κ2) is 5.49. The van der Waals surface area contributed by atoms with Crippen LogP contribution in [-0.4, -0.2) is 36.9 Å². The normalized spacial score (nSPS) is 9.17. The Kier molecular flexibility index (Phi) is 4.96. The molecule has 0 radical (unpaired) electrons. The number of nitrogens with one attached hydrogen (secondary N) is 1. The van der Waals surface area contributed by atoms with E-state index in [1.807, 2.05) is 0 Å². The number of hydrogen-bond donors (Lipinski definition) is 1. The van der Waals surface area contributed by atoms with Crippen LogP contribution in [0.5, 0.6) is 0 Å². The summed E-state index contributed by atoms with van der Waals surface area (Å²) >= 11 is 0. The highest BCUT2D eigenvalue weighted by molar-refractivity contribution is 5.90. The van der Waals surface area contributed by atoms with E-state index in [1.54, 1.807) is 7.05 Å². The summed E-state index contributed by atoms with van der Waals surface area (Å²) in [5.74, 6) is -0.111. The first-order chi connectivity index (χ1) is 5.57. The molecule has 0 aliphatic rings. The fraction of sp³-hybridized carbons (Fsp3) is 0.500. The number of carbonyl (C=O) groups excluding carboxylic acids is 2. The van der Waals surface area contributed by atoms with Crippen molar-refractivity contribution in [3.63, 3.8) is 0 Å². The molecule has 0 aromatic rings. The molecular formula is C8H14N2O2. The van der Waals surface area contributed by atoms with E-state index < -0.39 is 0 Å². The highest BCUT2D eigenvalue weighted by atomic mass is 16.2. The van der Waals surface area contributed by atoms with E-state index in [0.29, 0.717) is 6.67 Å². The van der Waals surface area contributed by atoms with Crippen LogP contribution < -0.4 is 5.32 Å². The Labute approximate surface area is 72.2 Å². The zero-order valence-electron chi connectivity index (χ0n) is 7.46.